The van der Waals surface area contributed by atoms with Crippen molar-refractivity contribution in [1.29, 1.82) is 0 Å². The maximum absolute atomic E-state index is 11.3. The monoisotopic (exact) mass is 244 g/mol. The molecule has 1 aromatic heterocycles. The van der Waals surface area contributed by atoms with Crippen molar-refractivity contribution in [2.75, 3.05) is 0 Å². The second-order valence-electron chi connectivity index (χ2n) is 4.27. The van der Waals surface area contributed by atoms with E-state index in [1.807, 2.05) is 32.2 Å². The van der Waals surface area contributed by atoms with Crippen LogP contribution in [0.2, 0.25) is 0 Å². The number of carbonyl (C=O) groups is 1. The van der Waals surface area contributed by atoms with E-state index in [1.54, 1.807) is 23.7 Å². The number of nitrogens with zero attached hydrogens (tertiary/aromatic N) is 2. The topological polar surface area (TPSA) is 44.1 Å². The third-order valence-corrected chi connectivity index (χ3v) is 2.73. The van der Waals surface area contributed by atoms with Crippen molar-refractivity contribution in [3.63, 3.8) is 0 Å². The van der Waals surface area contributed by atoms with Crippen LogP contribution in [0.5, 0.6) is 5.75 Å². The Morgan fingerprint density at radius 3 is 2.78 bits per heavy atom. The summed E-state index contributed by atoms with van der Waals surface area (Å²) in [6, 6.07) is 9.18. The smallest absolute Gasteiger partial charge is 0.159 e. The van der Waals surface area contributed by atoms with Crippen molar-refractivity contribution in [2.24, 2.45) is 7.05 Å². The zero-order valence-electron chi connectivity index (χ0n) is 10.8. The molecule has 0 N–H and O–H groups in total. The number of ether oxygens (including phenoxy) is 1. The van der Waals surface area contributed by atoms with Gasteiger partial charge in [0.05, 0.1) is 11.4 Å². The molecule has 0 atom stereocenters. The highest BCUT2D eigenvalue weighted by Crippen LogP contribution is 2.15. The molecule has 0 amide bonds. The average molecular weight is 244 g/mol. The molecule has 0 spiro atoms. The maximum atomic E-state index is 11.3. The van der Waals surface area contributed by atoms with Crippen molar-refractivity contribution in [3.8, 4) is 5.75 Å². The molecule has 0 unspecified atom stereocenters. The summed E-state index contributed by atoms with van der Waals surface area (Å²) in [5, 5.41) is 4.25. The molecular formula is C14H16N2O2. The molecule has 94 valence electrons. The summed E-state index contributed by atoms with van der Waals surface area (Å²) in [5.41, 5.74) is 2.63. The number of ketones is 1. The number of rotatable bonds is 4. The van der Waals surface area contributed by atoms with E-state index in [1.165, 1.54) is 0 Å². The van der Waals surface area contributed by atoms with Gasteiger partial charge in [0.1, 0.15) is 12.4 Å². The lowest BCUT2D eigenvalue weighted by Crippen LogP contribution is -2.03. The van der Waals surface area contributed by atoms with E-state index in [-0.39, 0.29) is 5.78 Å². The molecule has 0 radical (unpaired) electrons. The normalized spacial score (nSPS) is 10.4. The zero-order chi connectivity index (χ0) is 13.1. The minimum atomic E-state index is 0.0387. The molecule has 0 saturated carbocycles. The number of carbonyl (C=O) groups excluding carboxylic acids is 1. The molecule has 0 aliphatic rings. The summed E-state index contributed by atoms with van der Waals surface area (Å²) < 4.78 is 7.46. The lowest BCUT2D eigenvalue weighted by molar-refractivity contribution is 0.101. The van der Waals surface area contributed by atoms with E-state index < -0.39 is 0 Å². The number of hydrogen-bond acceptors (Lipinski definition) is 3. The van der Waals surface area contributed by atoms with Gasteiger partial charge in [-0.3, -0.25) is 9.48 Å². The minimum absolute atomic E-state index is 0.0387. The summed E-state index contributed by atoms with van der Waals surface area (Å²) in [6.07, 6.45) is 0. The SMILES string of the molecule is CC(=O)c1cccc(OCc2cc(C)nn2C)c1. The van der Waals surface area contributed by atoms with Crippen molar-refractivity contribution >= 4 is 5.78 Å². The van der Waals surface area contributed by atoms with E-state index in [0.717, 1.165) is 11.4 Å². The number of hydrogen-bond donors (Lipinski definition) is 0. The largest absolute Gasteiger partial charge is 0.487 e. The Morgan fingerprint density at radius 2 is 2.17 bits per heavy atom. The van der Waals surface area contributed by atoms with Crippen LogP contribution in [0, 0.1) is 6.92 Å². The highest BCUT2D eigenvalue weighted by molar-refractivity contribution is 5.94. The first-order valence-corrected chi connectivity index (χ1v) is 5.79. The van der Waals surface area contributed by atoms with Gasteiger partial charge in [-0.15, -0.1) is 0 Å². The fraction of sp³-hybridized carbons (Fsp3) is 0.286. The molecule has 0 fully saturated rings. The fourth-order valence-electron chi connectivity index (χ4n) is 1.76. The lowest BCUT2D eigenvalue weighted by Gasteiger charge is -2.07. The fourth-order valence-corrected chi connectivity index (χ4v) is 1.76. The predicted octanol–water partition coefficient (Wildman–Crippen LogP) is 2.51. The van der Waals surface area contributed by atoms with E-state index in [4.69, 9.17) is 4.74 Å². The van der Waals surface area contributed by atoms with E-state index in [2.05, 4.69) is 5.10 Å². The zero-order valence-corrected chi connectivity index (χ0v) is 10.8. The van der Waals surface area contributed by atoms with Gasteiger partial charge < -0.3 is 4.74 Å². The molecule has 2 rings (SSSR count). The van der Waals surface area contributed by atoms with Gasteiger partial charge in [0.2, 0.25) is 0 Å². The van der Waals surface area contributed by atoms with Crippen LogP contribution in [0.4, 0.5) is 0 Å². The molecule has 1 heterocycles. The minimum Gasteiger partial charge on any atom is -0.487 e. The molecule has 0 saturated heterocycles. The van der Waals surface area contributed by atoms with Crippen LogP contribution in [0.15, 0.2) is 30.3 Å². The third-order valence-electron chi connectivity index (χ3n) is 2.73. The summed E-state index contributed by atoms with van der Waals surface area (Å²) in [6.45, 7) is 3.93. The van der Waals surface area contributed by atoms with Crippen LogP contribution >= 0.6 is 0 Å². The van der Waals surface area contributed by atoms with E-state index in [9.17, 15) is 4.79 Å². The molecular weight excluding hydrogens is 228 g/mol. The second-order valence-corrected chi connectivity index (χ2v) is 4.27. The Hall–Kier alpha value is -2.10. The van der Waals surface area contributed by atoms with Gasteiger partial charge in [-0.1, -0.05) is 12.1 Å². The first kappa shape index (κ1) is 12.4. The standard InChI is InChI=1S/C14H16N2O2/c1-10-7-13(16(3)15-10)9-18-14-6-4-5-12(8-14)11(2)17/h4-8H,9H2,1-3H3. The first-order valence-electron chi connectivity index (χ1n) is 5.79. The van der Waals surface area contributed by atoms with Gasteiger partial charge in [-0.05, 0) is 32.0 Å². The molecule has 18 heavy (non-hydrogen) atoms. The molecule has 2 aromatic rings. The van der Waals surface area contributed by atoms with Crippen molar-refractivity contribution in [2.45, 2.75) is 20.5 Å². The summed E-state index contributed by atoms with van der Waals surface area (Å²) in [5.74, 6) is 0.735. The number of benzene rings is 1. The van der Waals surface area contributed by atoms with Crippen molar-refractivity contribution in [1.82, 2.24) is 9.78 Å². The van der Waals surface area contributed by atoms with Crippen molar-refractivity contribution in [3.05, 3.63) is 47.3 Å². The predicted molar refractivity (Wildman–Crippen MR) is 68.7 cm³/mol. The highest BCUT2D eigenvalue weighted by Gasteiger charge is 2.04. The highest BCUT2D eigenvalue weighted by atomic mass is 16.5. The van der Waals surface area contributed by atoms with Gasteiger partial charge in [0.15, 0.2) is 5.78 Å². The van der Waals surface area contributed by atoms with E-state index in [0.29, 0.717) is 17.9 Å². The second kappa shape index (κ2) is 5.04. The molecule has 1 aromatic carbocycles. The lowest BCUT2D eigenvalue weighted by atomic mass is 10.1. The Labute approximate surface area is 106 Å². The number of aryl methyl sites for hydroxylation is 2. The molecule has 0 aliphatic carbocycles. The summed E-state index contributed by atoms with van der Waals surface area (Å²) in [4.78, 5) is 11.3. The number of Topliss-reactive ketones (excluding diaryl/α,β-unsaturated/α-hetero) is 1. The third kappa shape index (κ3) is 2.77. The molecule has 4 nitrogen and oxygen atoms in total. The summed E-state index contributed by atoms with van der Waals surface area (Å²) in [7, 11) is 1.89. The Bertz CT molecular complexity index is 573. The van der Waals surface area contributed by atoms with Crippen LogP contribution in [0.3, 0.4) is 0 Å². The number of aromatic nitrogens is 2. The molecule has 4 heteroatoms. The van der Waals surface area contributed by atoms with Gasteiger partial charge in [0.25, 0.3) is 0 Å². The van der Waals surface area contributed by atoms with Crippen LogP contribution in [0.25, 0.3) is 0 Å². The van der Waals surface area contributed by atoms with Crippen LogP contribution in [-0.2, 0) is 13.7 Å². The summed E-state index contributed by atoms with van der Waals surface area (Å²) >= 11 is 0. The van der Waals surface area contributed by atoms with Crippen LogP contribution in [-0.4, -0.2) is 15.6 Å². The van der Waals surface area contributed by atoms with Crippen LogP contribution < -0.4 is 4.74 Å². The van der Waals surface area contributed by atoms with Gasteiger partial charge in [-0.25, -0.2) is 0 Å². The van der Waals surface area contributed by atoms with Crippen LogP contribution in [0.1, 0.15) is 28.7 Å². The van der Waals surface area contributed by atoms with Gasteiger partial charge in [-0.2, -0.15) is 5.10 Å². The first-order chi connectivity index (χ1) is 8.56. The molecule has 0 bridgehead atoms. The van der Waals surface area contributed by atoms with Crippen molar-refractivity contribution < 1.29 is 9.53 Å². The molecule has 0 aliphatic heterocycles. The Balaban J connectivity index is 2.08. The van der Waals surface area contributed by atoms with Gasteiger partial charge in [0, 0.05) is 12.6 Å². The quantitative estimate of drug-likeness (QED) is 0.776. The Kier molecular flexibility index (Phi) is 3.46. The average Bonchev–Trinajstić information content (AvgIpc) is 2.65. The Morgan fingerprint density at radius 1 is 1.39 bits per heavy atom. The van der Waals surface area contributed by atoms with E-state index >= 15 is 0 Å². The van der Waals surface area contributed by atoms with Gasteiger partial charge >= 0.3 is 0 Å². The maximum Gasteiger partial charge on any atom is 0.159 e.